The number of carbonyl (C=O) groups is 1. The number of ether oxygens (including phenoxy) is 1. The first-order valence-electron chi connectivity index (χ1n) is 8.91. The zero-order chi connectivity index (χ0) is 16.5. The molecule has 1 heterocycles. The van der Waals surface area contributed by atoms with Crippen molar-refractivity contribution < 1.29 is 9.53 Å². The van der Waals surface area contributed by atoms with Crippen LogP contribution in [0.5, 0.6) is 0 Å². The fraction of sp³-hybridized carbons (Fsp3) is 0.632. The molecule has 0 aromatic heterocycles. The normalized spacial score (nSPS) is 18.5. The monoisotopic (exact) mass is 318 g/mol. The fourth-order valence-corrected chi connectivity index (χ4v) is 3.19. The SMILES string of the molecule is CCOCCCNC(=O)N1CCCCC[C@@H]1c1cccc(C)c1. The Morgan fingerprint density at radius 2 is 2.22 bits per heavy atom. The molecule has 1 atom stereocenters. The lowest BCUT2D eigenvalue weighted by atomic mass is 9.99. The van der Waals surface area contributed by atoms with Gasteiger partial charge in [0.1, 0.15) is 0 Å². The smallest absolute Gasteiger partial charge is 0.317 e. The zero-order valence-corrected chi connectivity index (χ0v) is 14.5. The van der Waals surface area contributed by atoms with Gasteiger partial charge in [-0.2, -0.15) is 0 Å². The summed E-state index contributed by atoms with van der Waals surface area (Å²) < 4.78 is 5.32. The number of hydrogen-bond donors (Lipinski definition) is 1. The van der Waals surface area contributed by atoms with Crippen LogP contribution in [0.2, 0.25) is 0 Å². The van der Waals surface area contributed by atoms with E-state index >= 15 is 0 Å². The van der Waals surface area contributed by atoms with Gasteiger partial charge in [0.15, 0.2) is 0 Å². The van der Waals surface area contributed by atoms with Crippen LogP contribution in [0.15, 0.2) is 24.3 Å². The van der Waals surface area contributed by atoms with Crippen molar-refractivity contribution in [3.05, 3.63) is 35.4 Å². The van der Waals surface area contributed by atoms with Gasteiger partial charge < -0.3 is 15.0 Å². The first-order chi connectivity index (χ1) is 11.2. The van der Waals surface area contributed by atoms with E-state index in [1.54, 1.807) is 0 Å². The van der Waals surface area contributed by atoms with Crippen molar-refractivity contribution in [1.29, 1.82) is 0 Å². The molecule has 1 aromatic rings. The van der Waals surface area contributed by atoms with Gasteiger partial charge in [0.25, 0.3) is 0 Å². The van der Waals surface area contributed by atoms with Crippen LogP contribution < -0.4 is 5.32 Å². The van der Waals surface area contributed by atoms with Crippen LogP contribution in [-0.4, -0.2) is 37.2 Å². The molecule has 1 saturated heterocycles. The zero-order valence-electron chi connectivity index (χ0n) is 14.5. The average Bonchev–Trinajstić information content (AvgIpc) is 2.80. The van der Waals surface area contributed by atoms with Crippen molar-refractivity contribution in [2.45, 2.75) is 52.0 Å². The number of hydrogen-bond acceptors (Lipinski definition) is 2. The third-order valence-corrected chi connectivity index (χ3v) is 4.39. The first kappa shape index (κ1) is 17.8. The van der Waals surface area contributed by atoms with Crippen LogP contribution in [0.25, 0.3) is 0 Å². The van der Waals surface area contributed by atoms with Crippen LogP contribution in [-0.2, 0) is 4.74 Å². The van der Waals surface area contributed by atoms with Crippen molar-refractivity contribution in [3.8, 4) is 0 Å². The number of rotatable bonds is 6. The Morgan fingerprint density at radius 3 is 3.00 bits per heavy atom. The highest BCUT2D eigenvalue weighted by atomic mass is 16.5. The number of carbonyl (C=O) groups excluding carboxylic acids is 1. The molecule has 128 valence electrons. The molecule has 0 unspecified atom stereocenters. The standard InChI is InChI=1S/C19H30N2O2/c1-3-23-14-8-12-20-19(22)21-13-6-4-5-11-18(21)17-10-7-9-16(2)15-17/h7,9-10,15,18H,3-6,8,11-14H2,1-2H3,(H,20,22)/t18-/m1/s1. The average molecular weight is 318 g/mol. The van der Waals surface area contributed by atoms with E-state index in [1.807, 2.05) is 11.8 Å². The second kappa shape index (κ2) is 9.56. The van der Waals surface area contributed by atoms with Crippen LogP contribution in [0, 0.1) is 6.92 Å². The van der Waals surface area contributed by atoms with Crippen molar-refractivity contribution in [2.24, 2.45) is 0 Å². The molecule has 1 aromatic carbocycles. The van der Waals surface area contributed by atoms with Crippen LogP contribution >= 0.6 is 0 Å². The summed E-state index contributed by atoms with van der Waals surface area (Å²) in [7, 11) is 0. The van der Waals surface area contributed by atoms with E-state index in [1.165, 1.54) is 24.0 Å². The summed E-state index contributed by atoms with van der Waals surface area (Å²) in [5.41, 5.74) is 2.51. The molecule has 2 amide bonds. The van der Waals surface area contributed by atoms with Gasteiger partial charge in [-0.25, -0.2) is 4.79 Å². The Labute approximate surface area is 140 Å². The Kier molecular flexibility index (Phi) is 7.40. The van der Waals surface area contributed by atoms with Crippen molar-refractivity contribution in [3.63, 3.8) is 0 Å². The summed E-state index contributed by atoms with van der Waals surface area (Å²) in [5, 5.41) is 3.06. The van der Waals surface area contributed by atoms with Gasteiger partial charge in [-0.15, -0.1) is 0 Å². The summed E-state index contributed by atoms with van der Waals surface area (Å²) in [6, 6.07) is 8.83. The van der Waals surface area contributed by atoms with Gasteiger partial charge in [-0.3, -0.25) is 0 Å². The number of aryl methyl sites for hydroxylation is 1. The van der Waals surface area contributed by atoms with Gasteiger partial charge >= 0.3 is 6.03 Å². The minimum absolute atomic E-state index is 0.0647. The largest absolute Gasteiger partial charge is 0.382 e. The van der Waals surface area contributed by atoms with Crippen LogP contribution in [0.3, 0.4) is 0 Å². The maximum Gasteiger partial charge on any atom is 0.317 e. The molecular formula is C19H30N2O2. The molecule has 23 heavy (non-hydrogen) atoms. The van der Waals surface area contributed by atoms with Gasteiger partial charge in [0.2, 0.25) is 0 Å². The summed E-state index contributed by atoms with van der Waals surface area (Å²) in [6.07, 6.45) is 5.40. The molecular weight excluding hydrogens is 288 g/mol. The number of amides is 2. The minimum Gasteiger partial charge on any atom is -0.382 e. The maximum atomic E-state index is 12.6. The number of nitrogens with one attached hydrogen (secondary N) is 1. The topological polar surface area (TPSA) is 41.6 Å². The predicted octanol–water partition coefficient (Wildman–Crippen LogP) is 4.05. The minimum atomic E-state index is 0.0647. The molecule has 1 aliphatic rings. The number of nitrogens with zero attached hydrogens (tertiary/aromatic N) is 1. The molecule has 0 radical (unpaired) electrons. The lowest BCUT2D eigenvalue weighted by molar-refractivity contribution is 0.142. The van der Waals surface area contributed by atoms with E-state index in [2.05, 4.69) is 36.5 Å². The van der Waals surface area contributed by atoms with Gasteiger partial charge in [-0.1, -0.05) is 42.7 Å². The first-order valence-corrected chi connectivity index (χ1v) is 8.91. The summed E-state index contributed by atoms with van der Waals surface area (Å²) in [6.45, 7) is 7.06. The Balaban J connectivity index is 1.98. The predicted molar refractivity (Wildman–Crippen MR) is 93.6 cm³/mol. The van der Waals surface area contributed by atoms with E-state index in [9.17, 15) is 4.79 Å². The van der Waals surface area contributed by atoms with Crippen molar-refractivity contribution in [2.75, 3.05) is 26.3 Å². The molecule has 1 N–H and O–H groups in total. The van der Waals surface area contributed by atoms with Gasteiger partial charge in [0, 0.05) is 26.3 Å². The van der Waals surface area contributed by atoms with Gasteiger partial charge in [-0.05, 0) is 38.7 Å². The highest BCUT2D eigenvalue weighted by Gasteiger charge is 2.26. The highest BCUT2D eigenvalue weighted by molar-refractivity contribution is 5.74. The molecule has 0 spiro atoms. The van der Waals surface area contributed by atoms with Crippen molar-refractivity contribution in [1.82, 2.24) is 10.2 Å². The number of benzene rings is 1. The summed E-state index contributed by atoms with van der Waals surface area (Å²) in [4.78, 5) is 14.7. The van der Waals surface area contributed by atoms with E-state index < -0.39 is 0 Å². The van der Waals surface area contributed by atoms with Gasteiger partial charge in [0.05, 0.1) is 6.04 Å². The lowest BCUT2D eigenvalue weighted by Gasteiger charge is -2.31. The summed E-state index contributed by atoms with van der Waals surface area (Å²) >= 11 is 0. The molecule has 0 bridgehead atoms. The second-order valence-electron chi connectivity index (χ2n) is 6.26. The van der Waals surface area contributed by atoms with Crippen LogP contribution in [0.4, 0.5) is 4.79 Å². The summed E-state index contributed by atoms with van der Waals surface area (Å²) in [5.74, 6) is 0. The molecule has 1 aliphatic heterocycles. The van der Waals surface area contributed by atoms with E-state index in [0.29, 0.717) is 13.2 Å². The van der Waals surface area contributed by atoms with E-state index in [-0.39, 0.29) is 12.1 Å². The number of likely N-dealkylation sites (tertiary alicyclic amines) is 1. The molecule has 0 saturated carbocycles. The molecule has 0 aliphatic carbocycles. The Morgan fingerprint density at radius 1 is 1.35 bits per heavy atom. The Hall–Kier alpha value is -1.55. The van der Waals surface area contributed by atoms with Crippen molar-refractivity contribution >= 4 is 6.03 Å². The van der Waals surface area contributed by atoms with E-state index in [4.69, 9.17) is 4.74 Å². The maximum absolute atomic E-state index is 12.6. The third-order valence-electron chi connectivity index (χ3n) is 4.39. The molecule has 4 nitrogen and oxygen atoms in total. The lowest BCUT2D eigenvalue weighted by Crippen LogP contribution is -2.42. The second-order valence-corrected chi connectivity index (χ2v) is 6.26. The highest BCUT2D eigenvalue weighted by Crippen LogP contribution is 2.30. The quantitative estimate of drug-likeness (QED) is 0.804. The molecule has 2 rings (SSSR count). The Bertz CT molecular complexity index is 490. The molecule has 1 fully saturated rings. The number of urea groups is 1. The van der Waals surface area contributed by atoms with Crippen LogP contribution in [0.1, 0.15) is 56.2 Å². The fourth-order valence-electron chi connectivity index (χ4n) is 3.19. The third kappa shape index (κ3) is 5.54. The van der Waals surface area contributed by atoms with E-state index in [0.717, 1.165) is 32.4 Å². The molecule has 4 heteroatoms.